The third-order valence-electron chi connectivity index (χ3n) is 7.91. The minimum Gasteiger partial charge on any atom is -0.507 e. The Labute approximate surface area is 211 Å². The van der Waals surface area contributed by atoms with Crippen molar-refractivity contribution in [3.05, 3.63) is 53.1 Å². The first-order valence-corrected chi connectivity index (χ1v) is 12.5. The maximum absolute atomic E-state index is 14.0. The molecule has 194 valence electrons. The zero-order valence-electron chi connectivity index (χ0n) is 20.2. The molecule has 6 rings (SSSR count). The summed E-state index contributed by atoms with van der Waals surface area (Å²) in [6, 6.07) is 7.92. The second-order valence-corrected chi connectivity index (χ2v) is 10.4. The Morgan fingerprint density at radius 2 is 1.89 bits per heavy atom. The number of hydrogen-bond donors (Lipinski definition) is 2. The lowest BCUT2D eigenvalue weighted by molar-refractivity contribution is -0.199. The number of aromatic hydroxyl groups is 1. The van der Waals surface area contributed by atoms with Gasteiger partial charge in [0, 0.05) is 37.4 Å². The van der Waals surface area contributed by atoms with Crippen LogP contribution in [0.3, 0.4) is 0 Å². The van der Waals surface area contributed by atoms with Crippen molar-refractivity contribution in [1.82, 2.24) is 25.1 Å². The molecule has 2 saturated heterocycles. The lowest BCUT2D eigenvalue weighted by Crippen LogP contribution is -2.62. The van der Waals surface area contributed by atoms with Crippen LogP contribution >= 0.6 is 0 Å². The number of phenolic OH excluding ortho intramolecular Hbond substituents is 1. The molecule has 3 aromatic rings. The summed E-state index contributed by atoms with van der Waals surface area (Å²) < 4.78 is 43.4. The zero-order valence-corrected chi connectivity index (χ0v) is 20.2. The highest BCUT2D eigenvalue weighted by Gasteiger charge is 2.62. The molecule has 2 N–H and O–H groups in total. The first-order chi connectivity index (χ1) is 17.6. The van der Waals surface area contributed by atoms with Gasteiger partial charge in [-0.1, -0.05) is 6.07 Å². The number of aryl methyl sites for hydroxylation is 1. The van der Waals surface area contributed by atoms with Crippen molar-refractivity contribution in [2.24, 2.45) is 7.05 Å². The van der Waals surface area contributed by atoms with Gasteiger partial charge in [-0.15, -0.1) is 10.2 Å². The van der Waals surface area contributed by atoms with E-state index in [0.29, 0.717) is 35.3 Å². The molecule has 2 aromatic heterocycles. The van der Waals surface area contributed by atoms with Gasteiger partial charge in [0.15, 0.2) is 11.6 Å². The molecule has 0 spiro atoms. The fraction of sp³-hybridized carbons (Fsp3) is 0.462. The molecular weight excluding hydrogens is 485 g/mol. The van der Waals surface area contributed by atoms with Crippen LogP contribution in [0.2, 0.25) is 0 Å². The van der Waals surface area contributed by atoms with E-state index in [-0.39, 0.29) is 48.1 Å². The van der Waals surface area contributed by atoms with E-state index in [2.05, 4.69) is 20.5 Å². The summed E-state index contributed by atoms with van der Waals surface area (Å²) in [7, 11) is 1.66. The van der Waals surface area contributed by atoms with Crippen molar-refractivity contribution in [1.29, 1.82) is 0 Å². The summed E-state index contributed by atoms with van der Waals surface area (Å²) in [5, 5.41) is 22.1. The van der Waals surface area contributed by atoms with Crippen LogP contribution in [0.4, 0.5) is 19.0 Å². The summed E-state index contributed by atoms with van der Waals surface area (Å²) in [4.78, 5) is 18.4. The number of aromatic nitrogens is 4. The maximum atomic E-state index is 14.0. The van der Waals surface area contributed by atoms with E-state index in [1.54, 1.807) is 43.7 Å². The van der Waals surface area contributed by atoms with E-state index in [1.165, 1.54) is 10.6 Å². The third kappa shape index (κ3) is 4.24. The summed E-state index contributed by atoms with van der Waals surface area (Å²) in [6.07, 6.45) is 1.93. The van der Waals surface area contributed by atoms with Crippen molar-refractivity contribution in [2.75, 3.05) is 4.90 Å². The first-order valence-electron chi connectivity index (χ1n) is 12.5. The van der Waals surface area contributed by atoms with Crippen LogP contribution < -0.4 is 15.8 Å². The van der Waals surface area contributed by atoms with E-state index in [9.17, 15) is 23.1 Å². The number of pyridine rings is 1. The molecule has 11 heteroatoms. The molecule has 37 heavy (non-hydrogen) atoms. The fourth-order valence-corrected chi connectivity index (χ4v) is 5.82. The summed E-state index contributed by atoms with van der Waals surface area (Å²) >= 11 is 0. The van der Waals surface area contributed by atoms with Crippen molar-refractivity contribution in [3.8, 4) is 28.3 Å². The second kappa shape index (κ2) is 8.54. The average Bonchev–Trinajstić information content (AvgIpc) is 3.64. The number of phenols is 1. The van der Waals surface area contributed by atoms with Crippen LogP contribution in [-0.4, -0.2) is 54.7 Å². The van der Waals surface area contributed by atoms with Gasteiger partial charge in [-0.2, -0.15) is 13.2 Å². The highest BCUT2D eigenvalue weighted by molar-refractivity contribution is 5.72. The predicted molar refractivity (Wildman–Crippen MR) is 131 cm³/mol. The van der Waals surface area contributed by atoms with Gasteiger partial charge in [0.1, 0.15) is 11.3 Å². The number of rotatable bonds is 5. The van der Waals surface area contributed by atoms with Crippen molar-refractivity contribution in [2.45, 2.75) is 68.4 Å². The number of nitrogens with one attached hydrogen (secondary N) is 1. The standard InChI is InChI=1S/C26H27F3N6O2/c1-34-9-7-16(11-23(34)37)15-2-5-20(21(36)10-15)24-30-14-22(32-33-24)35(18-3-4-18)19-12-17-6-8-25(13-19,31-17)26(27,28)29/h2,5,7,9-11,14,17-19,31,36H,3-4,6,8,12-13H2,1H3/t17-,19+,25-/m1/s1. The highest BCUT2D eigenvalue weighted by Crippen LogP contribution is 2.49. The quantitative estimate of drug-likeness (QED) is 0.537. The molecule has 3 aliphatic rings. The minimum absolute atomic E-state index is 0.0161. The molecule has 2 bridgehead atoms. The molecule has 2 aliphatic heterocycles. The van der Waals surface area contributed by atoms with E-state index < -0.39 is 11.7 Å². The Kier molecular flexibility index (Phi) is 5.52. The van der Waals surface area contributed by atoms with Gasteiger partial charge in [-0.3, -0.25) is 4.79 Å². The van der Waals surface area contributed by atoms with Crippen molar-refractivity contribution in [3.63, 3.8) is 0 Å². The number of piperidine rings is 1. The number of halogens is 3. The fourth-order valence-electron chi connectivity index (χ4n) is 5.82. The molecule has 0 radical (unpaired) electrons. The Morgan fingerprint density at radius 3 is 2.54 bits per heavy atom. The summed E-state index contributed by atoms with van der Waals surface area (Å²) in [5.41, 5.74) is -0.284. The molecule has 1 aromatic carbocycles. The molecule has 1 aliphatic carbocycles. The SMILES string of the molecule is Cn1ccc(-c2ccc(-c3ncc(N(C4CC4)[C@H]4C[C@H]5CC[C@](C(F)(F)F)(C4)N5)nn3)c(O)c2)cc1=O. The molecular formula is C26H27F3N6O2. The summed E-state index contributed by atoms with van der Waals surface area (Å²) in [6.45, 7) is 0. The van der Waals surface area contributed by atoms with Crippen LogP contribution in [0.1, 0.15) is 38.5 Å². The number of hydrogen-bond acceptors (Lipinski definition) is 7. The Bertz CT molecular complexity index is 1390. The zero-order chi connectivity index (χ0) is 25.9. The lowest BCUT2D eigenvalue weighted by atomic mass is 9.86. The van der Waals surface area contributed by atoms with Gasteiger partial charge in [0.05, 0.1) is 11.8 Å². The van der Waals surface area contributed by atoms with Gasteiger partial charge in [0.2, 0.25) is 0 Å². The number of nitrogens with zero attached hydrogens (tertiary/aromatic N) is 5. The number of anilines is 1. The van der Waals surface area contributed by atoms with E-state index in [0.717, 1.165) is 12.8 Å². The maximum Gasteiger partial charge on any atom is 0.406 e. The van der Waals surface area contributed by atoms with Gasteiger partial charge in [0.25, 0.3) is 5.56 Å². The molecule has 3 atom stereocenters. The molecule has 0 amide bonds. The normalized spacial score (nSPS) is 25.3. The number of alkyl halides is 3. The lowest BCUT2D eigenvalue weighted by Gasteiger charge is -2.44. The number of benzene rings is 1. The van der Waals surface area contributed by atoms with Crippen LogP contribution in [0.25, 0.3) is 22.5 Å². The number of fused-ring (bicyclic) bond motifs is 2. The molecule has 8 nitrogen and oxygen atoms in total. The van der Waals surface area contributed by atoms with Gasteiger partial charge >= 0.3 is 6.18 Å². The second-order valence-electron chi connectivity index (χ2n) is 10.4. The Hall–Kier alpha value is -3.47. The highest BCUT2D eigenvalue weighted by atomic mass is 19.4. The molecule has 4 heterocycles. The molecule has 0 unspecified atom stereocenters. The molecule has 1 saturated carbocycles. The van der Waals surface area contributed by atoms with Gasteiger partial charge in [-0.25, -0.2) is 4.98 Å². The van der Waals surface area contributed by atoms with Gasteiger partial charge in [-0.05, 0) is 67.9 Å². The topological polar surface area (TPSA) is 96.2 Å². The van der Waals surface area contributed by atoms with Crippen molar-refractivity contribution < 1.29 is 18.3 Å². The monoisotopic (exact) mass is 512 g/mol. The van der Waals surface area contributed by atoms with E-state index >= 15 is 0 Å². The van der Waals surface area contributed by atoms with E-state index in [1.807, 2.05) is 4.90 Å². The van der Waals surface area contributed by atoms with Crippen LogP contribution in [-0.2, 0) is 7.05 Å². The predicted octanol–water partition coefficient (Wildman–Crippen LogP) is 3.79. The first kappa shape index (κ1) is 23.9. The third-order valence-corrected chi connectivity index (χ3v) is 7.91. The minimum atomic E-state index is -4.31. The van der Waals surface area contributed by atoms with Crippen LogP contribution in [0, 0.1) is 0 Å². The summed E-state index contributed by atoms with van der Waals surface area (Å²) in [5.74, 6) is 0.615. The van der Waals surface area contributed by atoms with Gasteiger partial charge < -0.3 is 19.9 Å². The smallest absolute Gasteiger partial charge is 0.406 e. The van der Waals surface area contributed by atoms with E-state index in [4.69, 9.17) is 0 Å². The Balaban J connectivity index is 1.26. The van der Waals surface area contributed by atoms with Crippen LogP contribution in [0.15, 0.2) is 47.5 Å². The Morgan fingerprint density at radius 1 is 1.11 bits per heavy atom. The average molecular weight is 513 g/mol. The molecule has 3 fully saturated rings. The van der Waals surface area contributed by atoms with Crippen molar-refractivity contribution >= 4 is 5.82 Å². The van der Waals surface area contributed by atoms with Crippen LogP contribution in [0.5, 0.6) is 5.75 Å². The largest absolute Gasteiger partial charge is 0.507 e.